The van der Waals surface area contributed by atoms with E-state index >= 15 is 0 Å². The van der Waals surface area contributed by atoms with Crippen LogP contribution >= 0.6 is 11.6 Å². The molecule has 5 aromatic rings. The number of hydrogen-bond acceptors (Lipinski definition) is 5. The number of carbonyl (C=O) groups is 1. The highest BCUT2D eigenvalue weighted by Gasteiger charge is 2.25. The lowest BCUT2D eigenvalue weighted by Crippen LogP contribution is -2.34. The van der Waals surface area contributed by atoms with Crippen molar-refractivity contribution in [1.82, 2.24) is 29.1 Å². The second-order valence-corrected chi connectivity index (χ2v) is 8.18. The van der Waals surface area contributed by atoms with E-state index in [1.54, 1.807) is 30.7 Å². The molecule has 0 fully saturated rings. The Balaban J connectivity index is 1.66. The molecule has 0 aliphatic heterocycles. The van der Waals surface area contributed by atoms with Gasteiger partial charge in [-0.2, -0.15) is 10.2 Å². The minimum absolute atomic E-state index is 0.331. The highest BCUT2D eigenvalue weighted by Crippen LogP contribution is 2.25. The van der Waals surface area contributed by atoms with E-state index in [-0.39, 0.29) is 0 Å². The number of anilines is 1. The van der Waals surface area contributed by atoms with Crippen LogP contribution in [0.4, 0.5) is 5.82 Å². The molecule has 1 atom stereocenters. The maximum absolute atomic E-state index is 13.7. The average Bonchev–Trinajstić information content (AvgIpc) is 3.51. The second-order valence-electron chi connectivity index (χ2n) is 7.75. The number of benzene rings is 1. The summed E-state index contributed by atoms with van der Waals surface area (Å²) >= 11 is 5.86. The third kappa shape index (κ3) is 3.75. The molecule has 10 heteroatoms. The van der Waals surface area contributed by atoms with Gasteiger partial charge in [-0.3, -0.25) is 9.59 Å². The van der Waals surface area contributed by atoms with Crippen molar-refractivity contribution in [2.45, 2.75) is 19.9 Å². The number of para-hydroxylation sites is 1. The van der Waals surface area contributed by atoms with Crippen LogP contribution in [0.3, 0.4) is 0 Å². The van der Waals surface area contributed by atoms with Gasteiger partial charge in [0.15, 0.2) is 5.82 Å². The Morgan fingerprint density at radius 3 is 2.44 bits per heavy atom. The van der Waals surface area contributed by atoms with Crippen LogP contribution in [-0.2, 0) is 4.79 Å². The summed E-state index contributed by atoms with van der Waals surface area (Å²) < 4.78 is 4.73. The van der Waals surface area contributed by atoms with Gasteiger partial charge < -0.3 is 9.88 Å². The molecule has 5 rings (SSSR count). The average molecular weight is 474 g/mol. The number of amides is 1. The Morgan fingerprint density at radius 2 is 1.76 bits per heavy atom. The molecule has 1 amide bonds. The van der Waals surface area contributed by atoms with Gasteiger partial charge in [0.25, 0.3) is 5.56 Å². The summed E-state index contributed by atoms with van der Waals surface area (Å²) in [6.07, 6.45) is 5.12. The SMILES string of the molecule is Cc1nn([C@H](C)C(=O)Nc2ccc(Cl)cn2)c(=O)c2c(-n3cccc3)n(-c3ccccc3)nc12. The minimum Gasteiger partial charge on any atom is -0.309 e. The van der Waals surface area contributed by atoms with Crippen molar-refractivity contribution in [3.63, 3.8) is 0 Å². The standard InChI is InChI=1S/C24H20ClN7O2/c1-15-21-20(23(30-12-6-7-13-30)32(29-21)18-8-4-3-5-9-18)24(34)31(28-15)16(2)22(33)27-19-11-10-17(25)14-26-19/h3-14,16H,1-2H3,(H,26,27,33)/t16-/m1/s1. The molecule has 0 radical (unpaired) electrons. The van der Waals surface area contributed by atoms with Crippen LogP contribution in [0.5, 0.6) is 0 Å². The van der Waals surface area contributed by atoms with Crippen LogP contribution in [0, 0.1) is 6.92 Å². The fourth-order valence-electron chi connectivity index (χ4n) is 3.75. The summed E-state index contributed by atoms with van der Waals surface area (Å²) in [4.78, 5) is 30.7. The number of nitrogens with one attached hydrogen (secondary N) is 1. The molecule has 1 aromatic carbocycles. The molecule has 170 valence electrons. The van der Waals surface area contributed by atoms with Gasteiger partial charge >= 0.3 is 0 Å². The molecule has 34 heavy (non-hydrogen) atoms. The summed E-state index contributed by atoms with van der Waals surface area (Å²) in [7, 11) is 0. The number of fused-ring (bicyclic) bond motifs is 1. The molecular formula is C24H20ClN7O2. The monoisotopic (exact) mass is 473 g/mol. The van der Waals surface area contributed by atoms with Crippen LogP contribution in [0.15, 0.2) is 78.0 Å². The Hall–Kier alpha value is -4.24. The first-order valence-electron chi connectivity index (χ1n) is 10.6. The smallest absolute Gasteiger partial charge is 0.280 e. The summed E-state index contributed by atoms with van der Waals surface area (Å²) in [5.74, 6) is 0.473. The number of hydrogen-bond donors (Lipinski definition) is 1. The number of aryl methyl sites for hydroxylation is 1. The van der Waals surface area contributed by atoms with Crippen LogP contribution in [0.2, 0.25) is 5.02 Å². The van der Waals surface area contributed by atoms with Crippen molar-refractivity contribution in [1.29, 1.82) is 0 Å². The Morgan fingerprint density at radius 1 is 1.03 bits per heavy atom. The lowest BCUT2D eigenvalue weighted by atomic mass is 10.2. The largest absolute Gasteiger partial charge is 0.309 e. The molecule has 4 aromatic heterocycles. The van der Waals surface area contributed by atoms with Gasteiger partial charge in [-0.05, 0) is 50.2 Å². The first-order valence-corrected chi connectivity index (χ1v) is 10.9. The third-order valence-corrected chi connectivity index (χ3v) is 5.68. The molecule has 1 N–H and O–H groups in total. The van der Waals surface area contributed by atoms with Crippen LogP contribution in [0.25, 0.3) is 22.4 Å². The van der Waals surface area contributed by atoms with Gasteiger partial charge in [0.05, 0.1) is 16.4 Å². The van der Waals surface area contributed by atoms with Crippen molar-refractivity contribution >= 4 is 34.2 Å². The number of halogens is 1. The fraction of sp³-hybridized carbons (Fsp3) is 0.125. The predicted molar refractivity (Wildman–Crippen MR) is 130 cm³/mol. The molecule has 0 unspecified atom stereocenters. The Labute approximate surface area is 199 Å². The molecule has 0 aliphatic rings. The first-order chi connectivity index (χ1) is 16.4. The molecule has 0 bridgehead atoms. The van der Waals surface area contributed by atoms with Crippen molar-refractivity contribution in [2.75, 3.05) is 5.32 Å². The molecule has 0 spiro atoms. The number of rotatable bonds is 5. The normalized spacial score (nSPS) is 12.1. The lowest BCUT2D eigenvalue weighted by molar-refractivity contribution is -0.119. The summed E-state index contributed by atoms with van der Waals surface area (Å²) in [5.41, 5.74) is 1.38. The van der Waals surface area contributed by atoms with E-state index in [0.717, 1.165) is 5.69 Å². The summed E-state index contributed by atoms with van der Waals surface area (Å²) in [5, 5.41) is 12.7. The zero-order valence-corrected chi connectivity index (χ0v) is 19.1. The molecule has 9 nitrogen and oxygen atoms in total. The van der Waals surface area contributed by atoms with E-state index in [4.69, 9.17) is 16.7 Å². The Bertz CT molecular complexity index is 1540. The number of aromatic nitrogens is 6. The van der Waals surface area contributed by atoms with Gasteiger partial charge in [0.2, 0.25) is 5.91 Å². The van der Waals surface area contributed by atoms with Crippen LogP contribution in [0.1, 0.15) is 18.7 Å². The zero-order chi connectivity index (χ0) is 23.8. The number of pyridine rings is 1. The Kier molecular flexibility index (Phi) is 5.46. The van der Waals surface area contributed by atoms with E-state index in [1.165, 1.54) is 10.9 Å². The molecular weight excluding hydrogens is 454 g/mol. The third-order valence-electron chi connectivity index (χ3n) is 5.46. The van der Waals surface area contributed by atoms with Crippen molar-refractivity contribution in [2.24, 2.45) is 0 Å². The van der Waals surface area contributed by atoms with Crippen molar-refractivity contribution < 1.29 is 4.79 Å². The topological polar surface area (TPSA) is 99.6 Å². The summed E-state index contributed by atoms with van der Waals surface area (Å²) in [6.45, 7) is 3.38. The van der Waals surface area contributed by atoms with E-state index < -0.39 is 17.5 Å². The van der Waals surface area contributed by atoms with Crippen molar-refractivity contribution in [3.8, 4) is 11.5 Å². The van der Waals surface area contributed by atoms with Crippen molar-refractivity contribution in [3.05, 3.63) is 94.3 Å². The second kappa shape index (κ2) is 8.60. The minimum atomic E-state index is -0.898. The summed E-state index contributed by atoms with van der Waals surface area (Å²) in [6, 6.07) is 15.6. The van der Waals surface area contributed by atoms with E-state index in [0.29, 0.717) is 33.3 Å². The van der Waals surface area contributed by atoms with E-state index in [2.05, 4.69) is 15.4 Å². The highest BCUT2D eigenvalue weighted by atomic mass is 35.5. The van der Waals surface area contributed by atoms with Gasteiger partial charge in [-0.25, -0.2) is 14.3 Å². The highest BCUT2D eigenvalue weighted by molar-refractivity contribution is 6.30. The maximum Gasteiger partial charge on any atom is 0.280 e. The quantitative estimate of drug-likeness (QED) is 0.417. The molecule has 0 aliphatic carbocycles. The lowest BCUT2D eigenvalue weighted by Gasteiger charge is -2.15. The number of carbonyl (C=O) groups excluding carboxylic acids is 1. The van der Waals surface area contributed by atoms with Crippen LogP contribution < -0.4 is 10.9 Å². The van der Waals surface area contributed by atoms with Gasteiger partial charge in [-0.1, -0.05) is 29.8 Å². The van der Waals surface area contributed by atoms with E-state index in [9.17, 15) is 9.59 Å². The van der Waals surface area contributed by atoms with E-state index in [1.807, 2.05) is 59.4 Å². The number of nitrogens with zero attached hydrogens (tertiary/aromatic N) is 6. The van der Waals surface area contributed by atoms with Crippen LogP contribution in [-0.4, -0.2) is 35.0 Å². The van der Waals surface area contributed by atoms with Gasteiger partial charge in [0.1, 0.15) is 22.8 Å². The fourth-order valence-corrected chi connectivity index (χ4v) is 3.86. The zero-order valence-electron chi connectivity index (χ0n) is 18.4. The molecule has 4 heterocycles. The maximum atomic E-state index is 13.7. The molecule has 0 saturated carbocycles. The first kappa shape index (κ1) is 21.6. The predicted octanol–water partition coefficient (Wildman–Crippen LogP) is 3.93. The van der Waals surface area contributed by atoms with Gasteiger partial charge in [-0.15, -0.1) is 0 Å². The molecule has 0 saturated heterocycles. The van der Waals surface area contributed by atoms with Gasteiger partial charge in [0, 0.05) is 18.6 Å².